The molecule has 0 heterocycles. The van der Waals surface area contributed by atoms with E-state index in [1.807, 2.05) is 0 Å². The van der Waals surface area contributed by atoms with Crippen LogP contribution in [0.15, 0.2) is 29.2 Å². The summed E-state index contributed by atoms with van der Waals surface area (Å²) in [6.07, 6.45) is 0. The van der Waals surface area contributed by atoms with E-state index in [0.29, 0.717) is 0 Å². The molecule has 1 aromatic carbocycles. The molecule has 5 nitrogen and oxygen atoms in total. The van der Waals surface area contributed by atoms with E-state index in [1.165, 1.54) is 38.4 Å². The van der Waals surface area contributed by atoms with Crippen molar-refractivity contribution in [2.75, 3.05) is 14.1 Å². The zero-order valence-corrected chi connectivity index (χ0v) is 9.27. The molecule has 1 rings (SSSR count). The molecule has 0 aliphatic rings. The zero-order valence-electron chi connectivity index (χ0n) is 8.45. The summed E-state index contributed by atoms with van der Waals surface area (Å²) < 4.78 is 24.4. The zero-order chi connectivity index (χ0) is 11.6. The Labute approximate surface area is 89.2 Å². The van der Waals surface area contributed by atoms with Gasteiger partial charge in [-0.1, -0.05) is 12.1 Å². The number of hydrogen-bond donors (Lipinski definition) is 2. The fourth-order valence-electron chi connectivity index (χ4n) is 1.05. The summed E-state index contributed by atoms with van der Waals surface area (Å²) in [6.45, 7) is 0. The number of hydrogen-bond acceptors (Lipinski definition) is 4. The van der Waals surface area contributed by atoms with Crippen LogP contribution in [0.3, 0.4) is 0 Å². The van der Waals surface area contributed by atoms with Gasteiger partial charge in [-0.25, -0.2) is 12.7 Å². The van der Waals surface area contributed by atoms with Gasteiger partial charge in [0.25, 0.3) is 0 Å². The lowest BCUT2D eigenvalue weighted by Crippen LogP contribution is -2.31. The minimum Gasteiger partial charge on any atom is -0.423 e. The van der Waals surface area contributed by atoms with Crippen molar-refractivity contribution in [2.45, 2.75) is 4.90 Å². The van der Waals surface area contributed by atoms with Gasteiger partial charge in [-0.3, -0.25) is 0 Å². The van der Waals surface area contributed by atoms with Gasteiger partial charge in [0.15, 0.2) is 0 Å². The lowest BCUT2D eigenvalue weighted by Gasteiger charge is -2.11. The maximum absolute atomic E-state index is 11.7. The maximum atomic E-state index is 11.7. The van der Waals surface area contributed by atoms with Gasteiger partial charge in [0.1, 0.15) is 0 Å². The van der Waals surface area contributed by atoms with Crippen molar-refractivity contribution >= 4 is 22.6 Å². The minimum absolute atomic E-state index is 0.0399. The summed E-state index contributed by atoms with van der Waals surface area (Å²) in [6, 6.07) is 5.55. The van der Waals surface area contributed by atoms with Crippen molar-refractivity contribution in [3.8, 4) is 0 Å². The summed E-state index contributed by atoms with van der Waals surface area (Å²) in [4.78, 5) is 0.0399. The first kappa shape index (κ1) is 12.2. The average molecular weight is 229 g/mol. The first-order valence-electron chi connectivity index (χ1n) is 4.24. The number of benzene rings is 1. The van der Waals surface area contributed by atoms with Crippen LogP contribution in [0.1, 0.15) is 0 Å². The minimum atomic E-state index is -3.52. The molecule has 15 heavy (non-hydrogen) atoms. The van der Waals surface area contributed by atoms with E-state index in [-0.39, 0.29) is 10.4 Å². The third kappa shape index (κ3) is 2.57. The van der Waals surface area contributed by atoms with E-state index >= 15 is 0 Å². The predicted octanol–water partition coefficient (Wildman–Crippen LogP) is -1.38. The first-order valence-corrected chi connectivity index (χ1v) is 5.68. The second kappa shape index (κ2) is 4.32. The third-order valence-corrected chi connectivity index (χ3v) is 3.75. The Kier molecular flexibility index (Phi) is 3.51. The summed E-state index contributed by atoms with van der Waals surface area (Å²) >= 11 is 0. The molecule has 0 unspecified atom stereocenters. The lowest BCUT2D eigenvalue weighted by molar-refractivity contribution is 0.425. The molecule has 0 spiro atoms. The molecule has 7 heteroatoms. The molecule has 2 N–H and O–H groups in total. The van der Waals surface area contributed by atoms with E-state index in [1.54, 1.807) is 0 Å². The Balaban J connectivity index is 3.23. The highest BCUT2D eigenvalue weighted by molar-refractivity contribution is 7.89. The van der Waals surface area contributed by atoms with Gasteiger partial charge >= 0.3 is 7.12 Å². The molecule has 0 atom stereocenters. The van der Waals surface area contributed by atoms with Gasteiger partial charge in [-0.2, -0.15) is 0 Å². The van der Waals surface area contributed by atoms with Crippen LogP contribution < -0.4 is 5.46 Å². The summed E-state index contributed by atoms with van der Waals surface area (Å²) in [7, 11) is -2.36. The Morgan fingerprint density at radius 3 is 2.33 bits per heavy atom. The summed E-state index contributed by atoms with van der Waals surface area (Å²) in [5.74, 6) is 0. The van der Waals surface area contributed by atoms with Gasteiger partial charge in [0, 0.05) is 14.1 Å². The van der Waals surface area contributed by atoms with Crippen LogP contribution in [0.5, 0.6) is 0 Å². The van der Waals surface area contributed by atoms with Gasteiger partial charge in [0.05, 0.1) is 4.90 Å². The molecule has 0 saturated carbocycles. The fraction of sp³-hybridized carbons (Fsp3) is 0.250. The van der Waals surface area contributed by atoms with Crippen molar-refractivity contribution in [3.05, 3.63) is 24.3 Å². The SMILES string of the molecule is CN(C)S(=O)(=O)c1cccc(B(O)O)c1. The quantitative estimate of drug-likeness (QED) is 0.626. The van der Waals surface area contributed by atoms with Crippen LogP contribution >= 0.6 is 0 Å². The van der Waals surface area contributed by atoms with Crippen molar-refractivity contribution < 1.29 is 18.5 Å². The van der Waals surface area contributed by atoms with Crippen LogP contribution in [-0.2, 0) is 10.0 Å². The largest absolute Gasteiger partial charge is 0.488 e. The molecule has 0 fully saturated rings. The first-order chi connectivity index (χ1) is 6.85. The highest BCUT2D eigenvalue weighted by Crippen LogP contribution is 2.10. The summed E-state index contributed by atoms with van der Waals surface area (Å²) in [5.41, 5.74) is 0.151. The molecule has 0 saturated heterocycles. The molecule has 82 valence electrons. The molecular formula is C8H12BNO4S. The topological polar surface area (TPSA) is 77.8 Å². The van der Waals surface area contributed by atoms with Crippen LogP contribution in [0, 0.1) is 0 Å². The Bertz CT molecular complexity index is 444. The molecule has 1 aromatic rings. The average Bonchev–Trinajstić information content (AvgIpc) is 2.17. The van der Waals surface area contributed by atoms with Crippen LogP contribution in [-0.4, -0.2) is 44.0 Å². The molecule has 0 amide bonds. The molecule has 0 radical (unpaired) electrons. The number of rotatable bonds is 3. The Hall–Kier alpha value is -0.885. The highest BCUT2D eigenvalue weighted by atomic mass is 32.2. The third-order valence-electron chi connectivity index (χ3n) is 1.93. The van der Waals surface area contributed by atoms with E-state index in [9.17, 15) is 8.42 Å². The molecular weight excluding hydrogens is 217 g/mol. The Morgan fingerprint density at radius 2 is 1.87 bits per heavy atom. The van der Waals surface area contributed by atoms with Gasteiger partial charge in [0.2, 0.25) is 10.0 Å². The number of nitrogens with zero attached hydrogens (tertiary/aromatic N) is 1. The van der Waals surface area contributed by atoms with Crippen LogP contribution in [0.2, 0.25) is 0 Å². The predicted molar refractivity (Wildman–Crippen MR) is 57.1 cm³/mol. The van der Waals surface area contributed by atoms with E-state index < -0.39 is 17.1 Å². The van der Waals surface area contributed by atoms with Crippen molar-refractivity contribution in [1.29, 1.82) is 0 Å². The van der Waals surface area contributed by atoms with Gasteiger partial charge in [-0.15, -0.1) is 0 Å². The second-order valence-electron chi connectivity index (χ2n) is 3.23. The monoisotopic (exact) mass is 229 g/mol. The van der Waals surface area contributed by atoms with Crippen molar-refractivity contribution in [3.63, 3.8) is 0 Å². The highest BCUT2D eigenvalue weighted by Gasteiger charge is 2.19. The van der Waals surface area contributed by atoms with Crippen LogP contribution in [0.25, 0.3) is 0 Å². The Morgan fingerprint density at radius 1 is 1.27 bits per heavy atom. The summed E-state index contributed by atoms with van der Waals surface area (Å²) in [5, 5.41) is 17.8. The van der Waals surface area contributed by atoms with Crippen LogP contribution in [0.4, 0.5) is 0 Å². The maximum Gasteiger partial charge on any atom is 0.488 e. The van der Waals surface area contributed by atoms with Crippen molar-refractivity contribution in [1.82, 2.24) is 4.31 Å². The smallest absolute Gasteiger partial charge is 0.423 e. The molecule has 0 aliphatic heterocycles. The van der Waals surface area contributed by atoms with Crippen molar-refractivity contribution in [2.24, 2.45) is 0 Å². The normalized spacial score (nSPS) is 11.8. The van der Waals surface area contributed by atoms with Gasteiger partial charge in [-0.05, 0) is 17.6 Å². The van der Waals surface area contributed by atoms with E-state index in [2.05, 4.69) is 0 Å². The number of sulfonamides is 1. The lowest BCUT2D eigenvalue weighted by atomic mass is 9.81. The second-order valence-corrected chi connectivity index (χ2v) is 5.39. The molecule has 0 aliphatic carbocycles. The molecule has 0 bridgehead atoms. The standard InChI is InChI=1S/C8H12BNO4S/c1-10(2)15(13,14)8-5-3-4-7(6-8)9(11)12/h3-6,11-12H,1-2H3. The van der Waals surface area contributed by atoms with E-state index in [4.69, 9.17) is 10.0 Å². The fourth-order valence-corrected chi connectivity index (χ4v) is 2.00. The molecule has 0 aromatic heterocycles. The van der Waals surface area contributed by atoms with E-state index in [0.717, 1.165) is 4.31 Å². The van der Waals surface area contributed by atoms with Gasteiger partial charge < -0.3 is 10.0 Å².